The molecule has 0 saturated heterocycles. The molecule has 1 unspecified atom stereocenters. The number of rotatable bonds is 2. The van der Waals surface area contributed by atoms with Gasteiger partial charge in [-0.2, -0.15) is 0 Å². The van der Waals surface area contributed by atoms with Crippen molar-refractivity contribution in [1.82, 2.24) is 9.97 Å². The van der Waals surface area contributed by atoms with Crippen molar-refractivity contribution in [1.29, 1.82) is 0 Å². The number of nitrogens with zero attached hydrogens (tertiary/aromatic N) is 2. The van der Waals surface area contributed by atoms with E-state index in [4.69, 9.17) is 0 Å². The van der Waals surface area contributed by atoms with Gasteiger partial charge in [-0.05, 0) is 31.0 Å². The van der Waals surface area contributed by atoms with Gasteiger partial charge in [0.2, 0.25) is 0 Å². The smallest absolute Gasteiger partial charge is 0.123 e. The van der Waals surface area contributed by atoms with Crippen LogP contribution in [-0.2, 0) is 0 Å². The lowest BCUT2D eigenvalue weighted by molar-refractivity contribution is 0.214. The molecule has 2 aromatic heterocycles. The third-order valence-electron chi connectivity index (χ3n) is 2.51. The first kappa shape index (κ1) is 10.8. The molecule has 0 amide bonds. The van der Waals surface area contributed by atoms with Gasteiger partial charge in [-0.25, -0.2) is 0 Å². The molecular weight excluding hydrogens is 200 g/mol. The van der Waals surface area contributed by atoms with Crippen LogP contribution in [0.25, 0.3) is 0 Å². The van der Waals surface area contributed by atoms with Crippen molar-refractivity contribution in [2.45, 2.75) is 20.0 Å². The molecule has 0 aliphatic rings. The Morgan fingerprint density at radius 1 is 1.25 bits per heavy atom. The Balaban J connectivity index is 2.38. The molecule has 2 heterocycles. The van der Waals surface area contributed by atoms with Crippen LogP contribution in [0.15, 0.2) is 36.8 Å². The molecule has 0 spiro atoms. The Labute approximate surface area is 94.8 Å². The van der Waals surface area contributed by atoms with Gasteiger partial charge in [0.25, 0.3) is 0 Å². The second-order valence-electron chi connectivity index (χ2n) is 3.90. The zero-order chi connectivity index (χ0) is 11.5. The molecule has 0 radical (unpaired) electrons. The van der Waals surface area contributed by atoms with E-state index in [0.29, 0.717) is 5.69 Å². The van der Waals surface area contributed by atoms with Gasteiger partial charge >= 0.3 is 0 Å². The summed E-state index contributed by atoms with van der Waals surface area (Å²) in [5.74, 6) is 0. The van der Waals surface area contributed by atoms with Gasteiger partial charge in [-0.3, -0.25) is 9.97 Å². The van der Waals surface area contributed by atoms with Gasteiger partial charge in [0.05, 0.1) is 5.69 Å². The molecule has 3 heteroatoms. The minimum absolute atomic E-state index is 0.693. The van der Waals surface area contributed by atoms with Crippen LogP contribution >= 0.6 is 0 Å². The number of aryl methyl sites for hydroxylation is 2. The van der Waals surface area contributed by atoms with E-state index in [1.54, 1.807) is 18.6 Å². The summed E-state index contributed by atoms with van der Waals surface area (Å²) in [7, 11) is 0. The van der Waals surface area contributed by atoms with Crippen LogP contribution < -0.4 is 0 Å². The Morgan fingerprint density at radius 3 is 2.69 bits per heavy atom. The number of hydrogen-bond donors (Lipinski definition) is 1. The predicted octanol–water partition coefficient (Wildman–Crippen LogP) is 2.18. The Morgan fingerprint density at radius 2 is 2.06 bits per heavy atom. The molecule has 2 rings (SSSR count). The molecule has 0 aliphatic carbocycles. The van der Waals surface area contributed by atoms with Crippen molar-refractivity contribution < 1.29 is 5.11 Å². The highest BCUT2D eigenvalue weighted by atomic mass is 16.3. The highest BCUT2D eigenvalue weighted by Gasteiger charge is 2.14. The number of hydrogen-bond acceptors (Lipinski definition) is 3. The summed E-state index contributed by atoms with van der Waals surface area (Å²) in [5, 5.41) is 10.2. The van der Waals surface area contributed by atoms with Gasteiger partial charge in [-0.15, -0.1) is 0 Å². The maximum Gasteiger partial charge on any atom is 0.123 e. The molecule has 0 fully saturated rings. The molecule has 0 saturated carbocycles. The minimum Gasteiger partial charge on any atom is -0.382 e. The van der Waals surface area contributed by atoms with Crippen molar-refractivity contribution in [3.63, 3.8) is 0 Å². The first-order valence-electron chi connectivity index (χ1n) is 5.19. The summed E-state index contributed by atoms with van der Waals surface area (Å²) in [6.45, 7) is 3.94. The van der Waals surface area contributed by atoms with E-state index < -0.39 is 6.10 Å². The fourth-order valence-electron chi connectivity index (χ4n) is 1.71. The van der Waals surface area contributed by atoms with E-state index >= 15 is 0 Å². The quantitative estimate of drug-likeness (QED) is 0.833. The third-order valence-corrected chi connectivity index (χ3v) is 2.51. The average Bonchev–Trinajstić information content (AvgIpc) is 2.29. The summed E-state index contributed by atoms with van der Waals surface area (Å²) >= 11 is 0. The lowest BCUT2D eigenvalue weighted by atomic mass is 10.0. The molecule has 2 aromatic rings. The molecular formula is C13H14N2O. The second-order valence-corrected chi connectivity index (χ2v) is 3.90. The van der Waals surface area contributed by atoms with Crippen molar-refractivity contribution in [3.8, 4) is 0 Å². The summed E-state index contributed by atoms with van der Waals surface area (Å²) in [5.41, 5.74) is 3.55. The van der Waals surface area contributed by atoms with Crippen LogP contribution in [0.4, 0.5) is 0 Å². The van der Waals surface area contributed by atoms with Crippen LogP contribution in [0.2, 0.25) is 0 Å². The van der Waals surface area contributed by atoms with Crippen molar-refractivity contribution in [2.24, 2.45) is 0 Å². The lowest BCUT2D eigenvalue weighted by Crippen LogP contribution is -2.05. The summed E-state index contributed by atoms with van der Waals surface area (Å²) < 4.78 is 0. The average molecular weight is 214 g/mol. The Kier molecular flexibility index (Phi) is 2.97. The monoisotopic (exact) mass is 214 g/mol. The van der Waals surface area contributed by atoms with Gasteiger partial charge in [0.1, 0.15) is 6.10 Å². The highest BCUT2D eigenvalue weighted by Crippen LogP contribution is 2.22. The molecule has 3 nitrogen and oxygen atoms in total. The van der Waals surface area contributed by atoms with Crippen molar-refractivity contribution in [3.05, 3.63) is 59.2 Å². The van der Waals surface area contributed by atoms with Crippen LogP contribution in [0.5, 0.6) is 0 Å². The number of aromatic nitrogens is 2. The van der Waals surface area contributed by atoms with Crippen molar-refractivity contribution >= 4 is 0 Å². The van der Waals surface area contributed by atoms with Gasteiger partial charge in [0, 0.05) is 24.2 Å². The van der Waals surface area contributed by atoms with E-state index in [0.717, 1.165) is 16.7 Å². The fourth-order valence-corrected chi connectivity index (χ4v) is 1.71. The van der Waals surface area contributed by atoms with E-state index in [-0.39, 0.29) is 0 Å². The fraction of sp³-hybridized carbons (Fsp3) is 0.231. The van der Waals surface area contributed by atoms with Crippen molar-refractivity contribution in [2.75, 3.05) is 0 Å². The molecule has 82 valence electrons. The highest BCUT2D eigenvalue weighted by molar-refractivity contribution is 5.30. The Bertz CT molecular complexity index is 483. The standard InChI is InChI=1S/C13H14N2O/c1-9-6-10(2)12(15-7-9)13(16)11-4-3-5-14-8-11/h3-8,13,16H,1-2H3. The number of aliphatic hydroxyl groups is 1. The van der Waals surface area contributed by atoms with Gasteiger partial charge in [-0.1, -0.05) is 12.1 Å². The maximum atomic E-state index is 10.2. The molecule has 0 bridgehead atoms. The minimum atomic E-state index is -0.700. The largest absolute Gasteiger partial charge is 0.382 e. The van der Waals surface area contributed by atoms with Crippen LogP contribution in [-0.4, -0.2) is 15.1 Å². The van der Waals surface area contributed by atoms with E-state index in [2.05, 4.69) is 9.97 Å². The normalized spacial score (nSPS) is 12.4. The van der Waals surface area contributed by atoms with E-state index in [1.807, 2.05) is 32.0 Å². The third kappa shape index (κ3) is 2.09. The second kappa shape index (κ2) is 4.41. The van der Waals surface area contributed by atoms with E-state index in [1.165, 1.54) is 0 Å². The zero-order valence-electron chi connectivity index (χ0n) is 9.38. The molecule has 0 aliphatic heterocycles. The van der Waals surface area contributed by atoms with Crippen LogP contribution in [0.1, 0.15) is 28.5 Å². The summed E-state index contributed by atoms with van der Waals surface area (Å²) in [6, 6.07) is 5.67. The number of aliphatic hydroxyl groups excluding tert-OH is 1. The zero-order valence-corrected chi connectivity index (χ0v) is 9.38. The van der Waals surface area contributed by atoms with Crippen LogP contribution in [0, 0.1) is 13.8 Å². The van der Waals surface area contributed by atoms with Gasteiger partial charge < -0.3 is 5.11 Å². The molecule has 1 N–H and O–H groups in total. The number of pyridine rings is 2. The summed E-state index contributed by atoms with van der Waals surface area (Å²) in [4.78, 5) is 8.27. The van der Waals surface area contributed by atoms with Gasteiger partial charge in [0.15, 0.2) is 0 Å². The maximum absolute atomic E-state index is 10.2. The first-order valence-corrected chi connectivity index (χ1v) is 5.19. The molecule has 0 aromatic carbocycles. The SMILES string of the molecule is Cc1cnc(C(O)c2cccnc2)c(C)c1. The lowest BCUT2D eigenvalue weighted by Gasteiger charge is -2.12. The first-order chi connectivity index (χ1) is 7.68. The van der Waals surface area contributed by atoms with Crippen LogP contribution in [0.3, 0.4) is 0 Å². The van der Waals surface area contributed by atoms with E-state index in [9.17, 15) is 5.11 Å². The summed E-state index contributed by atoms with van der Waals surface area (Å²) in [6.07, 6.45) is 4.41. The topological polar surface area (TPSA) is 46.0 Å². The predicted molar refractivity (Wildman–Crippen MR) is 62.0 cm³/mol. The molecule has 16 heavy (non-hydrogen) atoms. The Hall–Kier alpha value is -1.74. The molecule has 1 atom stereocenters.